The van der Waals surface area contributed by atoms with Crippen molar-refractivity contribution in [3.8, 4) is 10.6 Å². The minimum atomic E-state index is -0.288. The molecule has 1 aromatic carbocycles. The number of carbonyl (C=O) groups excluding carboxylic acids is 2. The largest absolute Gasteiger partial charge is 0.335 e. The number of thiophene rings is 1. The molecule has 3 heterocycles. The number of nitrogens with zero attached hydrogens (tertiary/aromatic N) is 2. The third kappa shape index (κ3) is 3.49. The molecule has 0 unspecified atom stereocenters. The topological polar surface area (TPSA) is 97.1 Å². The first-order chi connectivity index (χ1) is 13.5. The zero-order valence-electron chi connectivity index (χ0n) is 15.1. The summed E-state index contributed by atoms with van der Waals surface area (Å²) in [5.41, 5.74) is 3.30. The SMILES string of the molecule is CC(=O)Nc1ccc(NC(=O)c2cc(-c3cccs3)nc3onc(C)c23)cc1. The highest BCUT2D eigenvalue weighted by Gasteiger charge is 2.19. The Bertz CT molecular complexity index is 1160. The number of aromatic nitrogens is 2. The lowest BCUT2D eigenvalue weighted by atomic mass is 10.1. The quantitative estimate of drug-likeness (QED) is 0.534. The van der Waals surface area contributed by atoms with E-state index < -0.39 is 0 Å². The minimum absolute atomic E-state index is 0.153. The van der Waals surface area contributed by atoms with Crippen molar-refractivity contribution in [2.24, 2.45) is 0 Å². The van der Waals surface area contributed by atoms with Gasteiger partial charge in [-0.25, -0.2) is 4.98 Å². The van der Waals surface area contributed by atoms with Gasteiger partial charge in [-0.1, -0.05) is 11.2 Å². The molecule has 3 aromatic heterocycles. The van der Waals surface area contributed by atoms with Crippen LogP contribution in [0.25, 0.3) is 21.7 Å². The van der Waals surface area contributed by atoms with Crippen molar-refractivity contribution in [3.05, 3.63) is 59.1 Å². The fraction of sp³-hybridized carbons (Fsp3) is 0.100. The van der Waals surface area contributed by atoms with E-state index >= 15 is 0 Å². The number of amides is 2. The first-order valence-electron chi connectivity index (χ1n) is 8.51. The van der Waals surface area contributed by atoms with Crippen molar-refractivity contribution in [1.82, 2.24) is 10.1 Å². The summed E-state index contributed by atoms with van der Waals surface area (Å²) in [5.74, 6) is -0.441. The molecular formula is C20H16N4O3S. The van der Waals surface area contributed by atoms with Gasteiger partial charge in [-0.3, -0.25) is 9.59 Å². The summed E-state index contributed by atoms with van der Waals surface area (Å²) in [4.78, 5) is 29.5. The lowest BCUT2D eigenvalue weighted by molar-refractivity contribution is -0.114. The van der Waals surface area contributed by atoms with Gasteiger partial charge in [-0.05, 0) is 48.7 Å². The smallest absolute Gasteiger partial charge is 0.259 e. The summed E-state index contributed by atoms with van der Waals surface area (Å²) in [6, 6.07) is 12.5. The van der Waals surface area contributed by atoms with Crippen molar-refractivity contribution < 1.29 is 14.1 Å². The van der Waals surface area contributed by atoms with Gasteiger partial charge in [0.2, 0.25) is 5.91 Å². The fourth-order valence-corrected chi connectivity index (χ4v) is 3.55. The fourth-order valence-electron chi connectivity index (χ4n) is 2.86. The number of fused-ring (bicyclic) bond motifs is 1. The van der Waals surface area contributed by atoms with Crippen molar-refractivity contribution in [2.45, 2.75) is 13.8 Å². The van der Waals surface area contributed by atoms with Gasteiger partial charge in [0.15, 0.2) is 0 Å². The van der Waals surface area contributed by atoms with Crippen LogP contribution < -0.4 is 10.6 Å². The Morgan fingerprint density at radius 2 is 1.79 bits per heavy atom. The molecule has 0 bridgehead atoms. The van der Waals surface area contributed by atoms with E-state index in [-0.39, 0.29) is 11.8 Å². The highest BCUT2D eigenvalue weighted by atomic mass is 32.1. The second-order valence-electron chi connectivity index (χ2n) is 6.19. The third-order valence-corrected chi connectivity index (χ3v) is 4.99. The van der Waals surface area contributed by atoms with Gasteiger partial charge in [0.1, 0.15) is 0 Å². The maximum atomic E-state index is 13.0. The molecule has 7 nitrogen and oxygen atoms in total. The monoisotopic (exact) mass is 392 g/mol. The van der Waals surface area contributed by atoms with Crippen LogP contribution in [-0.2, 0) is 4.79 Å². The zero-order valence-corrected chi connectivity index (χ0v) is 16.0. The van der Waals surface area contributed by atoms with Gasteiger partial charge in [0, 0.05) is 18.3 Å². The Morgan fingerprint density at radius 1 is 1.07 bits per heavy atom. The summed E-state index contributed by atoms with van der Waals surface area (Å²) in [6.45, 7) is 3.22. The van der Waals surface area contributed by atoms with Crippen LogP contribution in [0.5, 0.6) is 0 Å². The van der Waals surface area contributed by atoms with Gasteiger partial charge in [-0.2, -0.15) is 0 Å². The van der Waals surface area contributed by atoms with E-state index in [9.17, 15) is 9.59 Å². The van der Waals surface area contributed by atoms with Crippen molar-refractivity contribution in [2.75, 3.05) is 10.6 Å². The molecule has 0 fully saturated rings. The molecule has 0 aliphatic carbocycles. The first kappa shape index (κ1) is 17.9. The lowest BCUT2D eigenvalue weighted by Crippen LogP contribution is -2.13. The summed E-state index contributed by atoms with van der Waals surface area (Å²) >= 11 is 1.53. The van der Waals surface area contributed by atoms with Crippen molar-refractivity contribution >= 4 is 45.6 Å². The molecule has 0 atom stereocenters. The molecule has 0 spiro atoms. The normalized spacial score (nSPS) is 10.8. The van der Waals surface area contributed by atoms with E-state index in [1.54, 1.807) is 37.3 Å². The molecule has 4 rings (SSSR count). The van der Waals surface area contributed by atoms with Crippen LogP contribution in [0, 0.1) is 6.92 Å². The molecular weight excluding hydrogens is 376 g/mol. The summed E-state index contributed by atoms with van der Waals surface area (Å²) in [5, 5.41) is 12.1. The van der Waals surface area contributed by atoms with Gasteiger partial charge in [-0.15, -0.1) is 11.3 Å². The number of nitrogens with one attached hydrogen (secondary N) is 2. The standard InChI is InChI=1S/C20H16N4O3S/c1-11-18-15(10-16(17-4-3-9-28-17)23-20(18)27-24-11)19(26)22-14-7-5-13(6-8-14)21-12(2)25/h3-10H,1-2H3,(H,21,25)(H,22,26). The predicted octanol–water partition coefficient (Wildman–Crippen LogP) is 4.47. The second kappa shape index (κ2) is 7.24. The number of pyridine rings is 1. The van der Waals surface area contributed by atoms with Gasteiger partial charge < -0.3 is 15.2 Å². The van der Waals surface area contributed by atoms with E-state index in [1.807, 2.05) is 17.5 Å². The van der Waals surface area contributed by atoms with E-state index in [0.717, 1.165) is 4.88 Å². The molecule has 0 saturated heterocycles. The Kier molecular flexibility index (Phi) is 4.62. The van der Waals surface area contributed by atoms with E-state index in [1.165, 1.54) is 18.3 Å². The van der Waals surface area contributed by atoms with Crippen LogP contribution in [0.4, 0.5) is 11.4 Å². The number of benzene rings is 1. The molecule has 0 saturated carbocycles. The van der Waals surface area contributed by atoms with Crippen LogP contribution in [0.15, 0.2) is 52.4 Å². The Labute approximate surface area is 164 Å². The van der Waals surface area contributed by atoms with Crippen LogP contribution >= 0.6 is 11.3 Å². The molecule has 28 heavy (non-hydrogen) atoms. The van der Waals surface area contributed by atoms with Gasteiger partial charge in [0.25, 0.3) is 11.6 Å². The maximum Gasteiger partial charge on any atom is 0.259 e. The van der Waals surface area contributed by atoms with Gasteiger partial charge >= 0.3 is 0 Å². The van der Waals surface area contributed by atoms with Crippen molar-refractivity contribution in [3.63, 3.8) is 0 Å². The molecule has 4 aromatic rings. The zero-order chi connectivity index (χ0) is 19.7. The number of anilines is 2. The molecule has 2 amide bonds. The van der Waals surface area contributed by atoms with E-state index in [2.05, 4.69) is 20.8 Å². The number of hydrogen-bond acceptors (Lipinski definition) is 6. The minimum Gasteiger partial charge on any atom is -0.335 e. The highest BCUT2D eigenvalue weighted by Crippen LogP contribution is 2.30. The molecule has 8 heteroatoms. The van der Waals surface area contributed by atoms with Crippen LogP contribution in [0.1, 0.15) is 23.0 Å². The van der Waals surface area contributed by atoms with Gasteiger partial charge in [0.05, 0.1) is 27.2 Å². The average molecular weight is 392 g/mol. The maximum absolute atomic E-state index is 13.0. The number of hydrogen-bond donors (Lipinski definition) is 2. The molecule has 0 aliphatic heterocycles. The Morgan fingerprint density at radius 3 is 2.43 bits per heavy atom. The Balaban J connectivity index is 1.68. The summed E-state index contributed by atoms with van der Waals surface area (Å²) < 4.78 is 5.30. The second-order valence-corrected chi connectivity index (χ2v) is 7.14. The number of aryl methyl sites for hydroxylation is 1. The van der Waals surface area contributed by atoms with E-state index in [0.29, 0.717) is 39.4 Å². The lowest BCUT2D eigenvalue weighted by Gasteiger charge is -2.09. The Hall–Kier alpha value is -3.52. The first-order valence-corrected chi connectivity index (χ1v) is 9.39. The molecule has 0 radical (unpaired) electrons. The average Bonchev–Trinajstić information content (AvgIpc) is 3.32. The third-order valence-electron chi connectivity index (χ3n) is 4.10. The summed E-state index contributed by atoms with van der Waals surface area (Å²) in [7, 11) is 0. The molecule has 0 aliphatic rings. The van der Waals surface area contributed by atoms with Crippen LogP contribution in [0.3, 0.4) is 0 Å². The predicted molar refractivity (Wildman–Crippen MR) is 109 cm³/mol. The molecule has 2 N–H and O–H groups in total. The van der Waals surface area contributed by atoms with Crippen molar-refractivity contribution in [1.29, 1.82) is 0 Å². The number of carbonyl (C=O) groups is 2. The van der Waals surface area contributed by atoms with Crippen LogP contribution in [-0.4, -0.2) is 22.0 Å². The van der Waals surface area contributed by atoms with Crippen LogP contribution in [0.2, 0.25) is 0 Å². The summed E-state index contributed by atoms with van der Waals surface area (Å²) in [6.07, 6.45) is 0. The molecule has 140 valence electrons. The number of rotatable bonds is 4. The highest BCUT2D eigenvalue weighted by molar-refractivity contribution is 7.13. The van der Waals surface area contributed by atoms with E-state index in [4.69, 9.17) is 4.52 Å².